The average molecular weight is 204 g/mol. The Kier molecular flexibility index (Phi) is 13.6. The maximum atomic E-state index is 10.0. The van der Waals surface area contributed by atoms with Gasteiger partial charge in [-0.1, -0.05) is 0 Å². The van der Waals surface area contributed by atoms with Crippen LogP contribution in [0.5, 0.6) is 0 Å². The Labute approximate surface area is 71.2 Å². The molecule has 12 heavy (non-hydrogen) atoms. The summed E-state index contributed by atoms with van der Waals surface area (Å²) in [5.74, 6) is 0. The van der Waals surface area contributed by atoms with Crippen molar-refractivity contribution >= 4 is 7.82 Å². The highest BCUT2D eigenvalue weighted by atomic mass is 31.2. The van der Waals surface area contributed by atoms with Crippen LogP contribution in [0.25, 0.3) is 0 Å². The lowest BCUT2D eigenvalue weighted by Gasteiger charge is -2.02. The highest BCUT2D eigenvalue weighted by Gasteiger charge is 2.11. The van der Waals surface area contributed by atoms with Gasteiger partial charge in [-0.25, -0.2) is 4.57 Å². The first-order valence-electron chi connectivity index (χ1n) is 2.87. The summed E-state index contributed by atoms with van der Waals surface area (Å²) in [5.41, 5.74) is 0. The van der Waals surface area contributed by atoms with E-state index < -0.39 is 7.82 Å². The van der Waals surface area contributed by atoms with E-state index in [1.165, 1.54) is 0 Å². The van der Waals surface area contributed by atoms with Crippen LogP contribution in [0, 0.1) is 0 Å². The van der Waals surface area contributed by atoms with Gasteiger partial charge < -0.3 is 27.2 Å². The molecule has 78 valence electrons. The van der Waals surface area contributed by atoms with E-state index in [2.05, 4.69) is 4.52 Å². The molecule has 0 aromatic carbocycles. The van der Waals surface area contributed by atoms with E-state index in [-0.39, 0.29) is 25.5 Å². The van der Waals surface area contributed by atoms with Crippen molar-refractivity contribution in [2.24, 2.45) is 0 Å². The van der Waals surface area contributed by atoms with Crippen LogP contribution in [0.2, 0.25) is 0 Å². The third-order valence-electron chi connectivity index (χ3n) is 0.812. The van der Waals surface area contributed by atoms with Gasteiger partial charge in [0.25, 0.3) is 0 Å². The largest absolute Gasteiger partial charge is 0.469 e. The van der Waals surface area contributed by atoms with Crippen molar-refractivity contribution in [1.82, 2.24) is 12.3 Å². The minimum Gasteiger partial charge on any atom is -0.396 e. The van der Waals surface area contributed by atoms with Crippen molar-refractivity contribution < 1.29 is 24.0 Å². The van der Waals surface area contributed by atoms with Gasteiger partial charge in [0, 0.05) is 6.61 Å². The monoisotopic (exact) mass is 204 g/mol. The average Bonchev–Trinajstić information content (AvgIpc) is 1.78. The Hall–Kier alpha value is -0.0100. The second-order valence-electron chi connectivity index (χ2n) is 1.75. The Morgan fingerprint density at radius 2 is 1.67 bits per heavy atom. The van der Waals surface area contributed by atoms with E-state index in [9.17, 15) is 4.57 Å². The molecule has 0 aromatic heterocycles. The Morgan fingerprint density at radius 1 is 1.17 bits per heavy atom. The first-order valence-corrected chi connectivity index (χ1v) is 4.40. The summed E-state index contributed by atoms with van der Waals surface area (Å²) in [7, 11) is -4.29. The molecule has 7 nitrogen and oxygen atoms in total. The van der Waals surface area contributed by atoms with E-state index in [1.54, 1.807) is 0 Å². The molecule has 0 aromatic rings. The minimum absolute atomic E-state index is 0. The van der Waals surface area contributed by atoms with E-state index in [0.29, 0.717) is 12.8 Å². The number of aliphatic hydroxyl groups excluding tert-OH is 1. The predicted octanol–water partition coefficient (Wildman–Crippen LogP) is 0.192. The molecule has 0 unspecified atom stereocenters. The maximum absolute atomic E-state index is 10.0. The number of hydrogen-bond donors (Lipinski definition) is 5. The van der Waals surface area contributed by atoms with Crippen molar-refractivity contribution in [3.8, 4) is 0 Å². The summed E-state index contributed by atoms with van der Waals surface area (Å²) in [6.07, 6.45) is 0.960. The maximum Gasteiger partial charge on any atom is 0.469 e. The van der Waals surface area contributed by atoms with Crippen molar-refractivity contribution in [3.05, 3.63) is 0 Å². The van der Waals surface area contributed by atoms with Gasteiger partial charge in [-0.05, 0) is 12.8 Å². The third-order valence-corrected chi connectivity index (χ3v) is 1.33. The zero-order chi connectivity index (χ0) is 8.04. The molecule has 0 aliphatic rings. The summed E-state index contributed by atoms with van der Waals surface area (Å²) in [6, 6.07) is 0. The predicted molar refractivity (Wildman–Crippen MR) is 44.4 cm³/mol. The van der Waals surface area contributed by atoms with Crippen LogP contribution in [0.15, 0.2) is 0 Å². The first-order chi connectivity index (χ1) is 4.56. The number of aliphatic hydroxyl groups is 1. The van der Waals surface area contributed by atoms with Crippen LogP contribution in [0.1, 0.15) is 12.8 Å². The molecule has 0 fully saturated rings. The lowest BCUT2D eigenvalue weighted by molar-refractivity contribution is 0.186. The summed E-state index contributed by atoms with van der Waals surface area (Å²) in [6.45, 7) is 0.00928. The van der Waals surface area contributed by atoms with Crippen LogP contribution >= 0.6 is 7.82 Å². The fourth-order valence-corrected chi connectivity index (χ4v) is 0.764. The molecule has 0 amide bonds. The molecule has 0 heterocycles. The molecule has 8 heteroatoms. The van der Waals surface area contributed by atoms with Gasteiger partial charge in [-0.15, -0.1) is 0 Å². The summed E-state index contributed by atoms with van der Waals surface area (Å²) >= 11 is 0. The first kappa shape index (κ1) is 17.9. The van der Waals surface area contributed by atoms with E-state index in [0.717, 1.165) is 0 Å². The van der Waals surface area contributed by atoms with Gasteiger partial charge in [0.2, 0.25) is 0 Å². The number of phosphoric ester groups is 1. The second-order valence-corrected chi connectivity index (χ2v) is 2.99. The van der Waals surface area contributed by atoms with Crippen molar-refractivity contribution in [2.45, 2.75) is 12.8 Å². The molecule has 0 bridgehead atoms. The third kappa shape index (κ3) is 16.5. The normalized spacial score (nSPS) is 9.92. The Balaban J connectivity index is -0.000000405. The zero-order valence-electron chi connectivity index (χ0n) is 6.85. The summed E-state index contributed by atoms with van der Waals surface area (Å²) in [5, 5.41) is 8.25. The lowest BCUT2D eigenvalue weighted by Crippen LogP contribution is -1.93. The molecule has 0 saturated carbocycles. The smallest absolute Gasteiger partial charge is 0.396 e. The minimum atomic E-state index is -4.29. The molecule has 0 aliphatic carbocycles. The van der Waals surface area contributed by atoms with Crippen molar-refractivity contribution in [1.29, 1.82) is 0 Å². The lowest BCUT2D eigenvalue weighted by atomic mass is 10.3. The second kappa shape index (κ2) is 9.08. The van der Waals surface area contributed by atoms with Gasteiger partial charge in [0.1, 0.15) is 0 Å². The van der Waals surface area contributed by atoms with Gasteiger partial charge in [-0.2, -0.15) is 0 Å². The fraction of sp³-hybridized carbons (Fsp3) is 1.00. The van der Waals surface area contributed by atoms with Crippen LogP contribution in [-0.2, 0) is 9.09 Å². The fourth-order valence-electron chi connectivity index (χ4n) is 0.397. The molecule has 0 aliphatic heterocycles. The SMILES string of the molecule is N.N.O=P(O)(O)OCCCCO. The molecule has 0 saturated heterocycles. The highest BCUT2D eigenvalue weighted by Crippen LogP contribution is 2.35. The molecule has 0 rings (SSSR count). The summed E-state index contributed by atoms with van der Waals surface area (Å²) in [4.78, 5) is 16.3. The molecule has 0 radical (unpaired) electrons. The number of hydrogen-bond acceptors (Lipinski definition) is 5. The van der Waals surface area contributed by atoms with Crippen molar-refractivity contribution in [2.75, 3.05) is 13.2 Å². The number of rotatable bonds is 5. The molecule has 0 atom stereocenters. The number of phosphoric acid groups is 1. The standard InChI is InChI=1S/C4H11O5P.2H3N/c5-3-1-2-4-9-10(6,7)8;;/h5H,1-4H2,(H2,6,7,8);2*1H3. The van der Waals surface area contributed by atoms with Crippen LogP contribution in [-0.4, -0.2) is 28.1 Å². The topological polar surface area (TPSA) is 157 Å². The highest BCUT2D eigenvalue weighted by molar-refractivity contribution is 7.46. The Morgan fingerprint density at radius 3 is 2.00 bits per heavy atom. The quantitative estimate of drug-likeness (QED) is 0.316. The van der Waals surface area contributed by atoms with Gasteiger partial charge in [0.15, 0.2) is 0 Å². The van der Waals surface area contributed by atoms with E-state index >= 15 is 0 Å². The Bertz CT molecular complexity index is 127. The van der Waals surface area contributed by atoms with Gasteiger partial charge in [-0.3, -0.25) is 4.52 Å². The van der Waals surface area contributed by atoms with Gasteiger partial charge >= 0.3 is 7.82 Å². The van der Waals surface area contributed by atoms with Crippen LogP contribution in [0.3, 0.4) is 0 Å². The van der Waals surface area contributed by atoms with Crippen molar-refractivity contribution in [3.63, 3.8) is 0 Å². The van der Waals surface area contributed by atoms with E-state index in [4.69, 9.17) is 14.9 Å². The number of unbranched alkanes of at least 4 members (excludes halogenated alkanes) is 1. The van der Waals surface area contributed by atoms with Gasteiger partial charge in [0.05, 0.1) is 6.61 Å². The van der Waals surface area contributed by atoms with Crippen LogP contribution < -0.4 is 12.3 Å². The molecule has 9 N–H and O–H groups in total. The summed E-state index contributed by atoms with van der Waals surface area (Å²) < 4.78 is 14.1. The molecular formula is C4H17N2O5P. The molecular weight excluding hydrogens is 187 g/mol. The van der Waals surface area contributed by atoms with E-state index in [1.807, 2.05) is 0 Å². The molecule has 0 spiro atoms. The zero-order valence-corrected chi connectivity index (χ0v) is 7.74. The van der Waals surface area contributed by atoms with Crippen LogP contribution in [0.4, 0.5) is 0 Å².